The minimum absolute atomic E-state index is 0.0535. The largest absolute Gasteiger partial charge is 0.421 e. The maximum absolute atomic E-state index is 13.1. The summed E-state index contributed by atoms with van der Waals surface area (Å²) in [5.41, 5.74) is 8.15. The fourth-order valence-corrected chi connectivity index (χ4v) is 3.92. The number of fused-ring (bicyclic) bond motifs is 1. The van der Waals surface area contributed by atoms with Gasteiger partial charge in [-0.3, -0.25) is 4.79 Å². The first kappa shape index (κ1) is 20.8. The summed E-state index contributed by atoms with van der Waals surface area (Å²) in [7, 11) is 0. The Hall–Kier alpha value is -4.10. The Labute approximate surface area is 190 Å². The van der Waals surface area contributed by atoms with Crippen LogP contribution in [0.4, 0.5) is 0 Å². The van der Waals surface area contributed by atoms with Crippen molar-refractivity contribution < 1.29 is 4.42 Å². The molecular formula is C26H23N5O2. The predicted octanol–water partition coefficient (Wildman–Crippen LogP) is 3.91. The third kappa shape index (κ3) is 4.18. The first-order chi connectivity index (χ1) is 16.0. The van der Waals surface area contributed by atoms with Crippen LogP contribution >= 0.6 is 0 Å². The lowest BCUT2D eigenvalue weighted by molar-refractivity contribution is 0.330. The maximum atomic E-state index is 13.1. The number of hydrogen-bond donors (Lipinski definition) is 1. The summed E-state index contributed by atoms with van der Waals surface area (Å²) in [6, 6.07) is 27.1. The molecular weight excluding hydrogens is 414 g/mol. The van der Waals surface area contributed by atoms with E-state index in [1.807, 2.05) is 85.8 Å². The van der Waals surface area contributed by atoms with Crippen molar-refractivity contribution in [3.05, 3.63) is 113 Å². The van der Waals surface area contributed by atoms with Crippen molar-refractivity contribution in [1.29, 1.82) is 0 Å². The summed E-state index contributed by atoms with van der Waals surface area (Å²) in [6.45, 7) is 1.91. The highest BCUT2D eigenvalue weighted by atomic mass is 16.4. The maximum Gasteiger partial charge on any atom is 0.275 e. The van der Waals surface area contributed by atoms with Gasteiger partial charge in [0.25, 0.3) is 5.56 Å². The first-order valence-corrected chi connectivity index (χ1v) is 10.7. The second kappa shape index (κ2) is 8.44. The average Bonchev–Trinajstić information content (AvgIpc) is 3.32. The van der Waals surface area contributed by atoms with Crippen molar-refractivity contribution in [3.63, 3.8) is 0 Å². The SMILES string of the molecule is C[C@@](N)(Cc1ccccc1)c1nnc(Cn2nc(-c3ccccc3)c3ccccc3c2=O)o1. The van der Waals surface area contributed by atoms with Crippen molar-refractivity contribution in [2.75, 3.05) is 0 Å². The van der Waals surface area contributed by atoms with Gasteiger partial charge in [0.1, 0.15) is 6.54 Å². The topological polar surface area (TPSA) is 99.8 Å². The van der Waals surface area contributed by atoms with Crippen molar-refractivity contribution in [2.24, 2.45) is 5.73 Å². The molecule has 2 aromatic heterocycles. The van der Waals surface area contributed by atoms with E-state index in [-0.39, 0.29) is 18.0 Å². The van der Waals surface area contributed by atoms with Gasteiger partial charge in [-0.2, -0.15) is 5.10 Å². The van der Waals surface area contributed by atoms with Crippen LogP contribution in [0.15, 0.2) is 94.1 Å². The zero-order valence-electron chi connectivity index (χ0n) is 18.2. The molecule has 7 nitrogen and oxygen atoms in total. The first-order valence-electron chi connectivity index (χ1n) is 10.7. The van der Waals surface area contributed by atoms with E-state index in [9.17, 15) is 4.79 Å². The van der Waals surface area contributed by atoms with Gasteiger partial charge in [-0.1, -0.05) is 78.9 Å². The number of benzene rings is 3. The van der Waals surface area contributed by atoms with E-state index in [1.165, 1.54) is 4.68 Å². The lowest BCUT2D eigenvalue weighted by atomic mass is 9.94. The molecule has 0 aliphatic rings. The van der Waals surface area contributed by atoms with Crippen LogP contribution in [0.2, 0.25) is 0 Å². The second-order valence-electron chi connectivity index (χ2n) is 8.30. The van der Waals surface area contributed by atoms with Crippen molar-refractivity contribution >= 4 is 10.8 Å². The zero-order valence-corrected chi connectivity index (χ0v) is 18.2. The molecule has 0 amide bonds. The molecule has 5 rings (SSSR count). The lowest BCUT2D eigenvalue weighted by Gasteiger charge is -2.20. The Morgan fingerprint density at radius 3 is 2.24 bits per heavy atom. The van der Waals surface area contributed by atoms with Gasteiger partial charge in [0, 0.05) is 10.9 Å². The molecule has 7 heteroatoms. The van der Waals surface area contributed by atoms with Gasteiger partial charge in [0.2, 0.25) is 11.8 Å². The number of nitrogens with two attached hydrogens (primary N) is 1. The van der Waals surface area contributed by atoms with E-state index in [2.05, 4.69) is 15.3 Å². The Morgan fingerprint density at radius 2 is 1.52 bits per heavy atom. The van der Waals surface area contributed by atoms with Crippen LogP contribution in [-0.4, -0.2) is 20.0 Å². The Kier molecular flexibility index (Phi) is 5.32. The minimum atomic E-state index is -0.844. The smallest absolute Gasteiger partial charge is 0.275 e. The Bertz CT molecular complexity index is 1460. The van der Waals surface area contributed by atoms with E-state index in [4.69, 9.17) is 10.2 Å². The fraction of sp³-hybridized carbons (Fsp3) is 0.154. The third-order valence-electron chi connectivity index (χ3n) is 5.57. The molecule has 0 aliphatic heterocycles. The minimum Gasteiger partial charge on any atom is -0.421 e. The van der Waals surface area contributed by atoms with Crippen molar-refractivity contribution in [1.82, 2.24) is 20.0 Å². The molecule has 3 aromatic carbocycles. The number of hydrogen-bond acceptors (Lipinski definition) is 6. The molecule has 0 unspecified atom stereocenters. The monoisotopic (exact) mass is 437 g/mol. The summed E-state index contributed by atoms with van der Waals surface area (Å²) in [6.07, 6.45) is 0.543. The lowest BCUT2D eigenvalue weighted by Crippen LogP contribution is -2.36. The predicted molar refractivity (Wildman–Crippen MR) is 127 cm³/mol. The average molecular weight is 438 g/mol. The molecule has 5 aromatic rings. The molecule has 33 heavy (non-hydrogen) atoms. The normalized spacial score (nSPS) is 13.2. The third-order valence-corrected chi connectivity index (χ3v) is 5.57. The van der Waals surface area contributed by atoms with Gasteiger partial charge in [-0.15, -0.1) is 10.2 Å². The summed E-state index contributed by atoms with van der Waals surface area (Å²) >= 11 is 0. The number of aromatic nitrogens is 4. The van der Waals surface area contributed by atoms with E-state index in [0.717, 1.165) is 22.2 Å². The van der Waals surface area contributed by atoms with E-state index >= 15 is 0 Å². The molecule has 1 atom stereocenters. The van der Waals surface area contributed by atoms with E-state index in [0.29, 0.717) is 17.7 Å². The van der Waals surface area contributed by atoms with Crippen LogP contribution in [0.25, 0.3) is 22.0 Å². The summed E-state index contributed by atoms with van der Waals surface area (Å²) in [5, 5.41) is 14.3. The Balaban J connectivity index is 1.50. The Morgan fingerprint density at radius 1 is 0.879 bits per heavy atom. The van der Waals surface area contributed by atoms with Gasteiger partial charge < -0.3 is 10.2 Å². The highest BCUT2D eigenvalue weighted by Gasteiger charge is 2.28. The molecule has 0 saturated carbocycles. The highest BCUT2D eigenvalue weighted by molar-refractivity contribution is 5.93. The van der Waals surface area contributed by atoms with E-state index < -0.39 is 5.54 Å². The number of rotatable bonds is 6. The number of nitrogens with zero attached hydrogens (tertiary/aromatic N) is 4. The molecule has 0 radical (unpaired) electrons. The van der Waals surface area contributed by atoms with Gasteiger partial charge >= 0.3 is 0 Å². The molecule has 0 aliphatic carbocycles. The van der Waals surface area contributed by atoms with Gasteiger partial charge in [-0.05, 0) is 25.0 Å². The van der Waals surface area contributed by atoms with Crippen molar-refractivity contribution in [3.8, 4) is 11.3 Å². The summed E-state index contributed by atoms with van der Waals surface area (Å²) < 4.78 is 7.26. The molecule has 164 valence electrons. The van der Waals surface area contributed by atoms with Crippen molar-refractivity contribution in [2.45, 2.75) is 25.4 Å². The van der Waals surface area contributed by atoms with Gasteiger partial charge in [0.15, 0.2) is 0 Å². The molecule has 2 N–H and O–H groups in total. The van der Waals surface area contributed by atoms with Crippen LogP contribution in [0.5, 0.6) is 0 Å². The molecule has 0 fully saturated rings. The molecule has 0 bridgehead atoms. The van der Waals surface area contributed by atoms with Crippen LogP contribution in [-0.2, 0) is 18.5 Å². The fourth-order valence-electron chi connectivity index (χ4n) is 3.92. The molecule has 0 spiro atoms. The van der Waals surface area contributed by atoms with Crippen LogP contribution in [0.1, 0.15) is 24.3 Å². The second-order valence-corrected chi connectivity index (χ2v) is 8.30. The molecule has 0 saturated heterocycles. The van der Waals surface area contributed by atoms with Gasteiger partial charge in [-0.25, -0.2) is 4.68 Å². The summed E-state index contributed by atoms with van der Waals surface area (Å²) in [4.78, 5) is 13.1. The van der Waals surface area contributed by atoms with E-state index in [1.54, 1.807) is 6.07 Å². The van der Waals surface area contributed by atoms with Crippen LogP contribution in [0, 0.1) is 0 Å². The molecule has 2 heterocycles. The van der Waals surface area contributed by atoms with Gasteiger partial charge in [0.05, 0.1) is 16.6 Å². The summed E-state index contributed by atoms with van der Waals surface area (Å²) in [5.74, 6) is 0.595. The zero-order chi connectivity index (χ0) is 22.8. The van der Waals surface area contributed by atoms with Crippen LogP contribution in [0.3, 0.4) is 0 Å². The van der Waals surface area contributed by atoms with Crippen LogP contribution < -0.4 is 11.3 Å². The standard InChI is InChI=1S/C26H23N5O2/c1-26(27,16-18-10-4-2-5-11-18)25-29-28-22(33-25)17-31-24(32)21-15-9-8-14-20(21)23(30-31)19-12-6-3-7-13-19/h2-15H,16-17,27H2,1H3/t26-/m1/s1. The quantitative estimate of drug-likeness (QED) is 0.432. The highest BCUT2D eigenvalue weighted by Crippen LogP contribution is 2.25.